The van der Waals surface area contributed by atoms with Crippen LogP contribution < -0.4 is 0 Å². The van der Waals surface area contributed by atoms with Crippen molar-refractivity contribution < 1.29 is 0 Å². The number of pyridine rings is 1. The highest BCUT2D eigenvalue weighted by atomic mass is 32.2. The van der Waals surface area contributed by atoms with Gasteiger partial charge < -0.3 is 0 Å². The van der Waals surface area contributed by atoms with Gasteiger partial charge in [-0.05, 0) is 69.8 Å². The molecule has 8 aromatic rings. The minimum absolute atomic E-state index is 0.235. The molecule has 0 radical (unpaired) electrons. The van der Waals surface area contributed by atoms with Gasteiger partial charge in [-0.15, -0.1) is 0 Å². The molecule has 228 valence electrons. The van der Waals surface area contributed by atoms with E-state index in [2.05, 4.69) is 164 Å². The summed E-state index contributed by atoms with van der Waals surface area (Å²) < 4.78 is 2.44. The van der Waals surface area contributed by atoms with Crippen molar-refractivity contribution in [2.24, 2.45) is 0 Å². The predicted molar refractivity (Wildman–Crippen MR) is 202 cm³/mol. The van der Waals surface area contributed by atoms with Crippen LogP contribution in [0.5, 0.6) is 0 Å². The van der Waals surface area contributed by atoms with Crippen LogP contribution in [0.4, 0.5) is 0 Å². The summed E-state index contributed by atoms with van der Waals surface area (Å²) in [6.45, 7) is 4.85. The molecular formula is C44H30N2S2. The van der Waals surface area contributed by atoms with E-state index in [-0.39, 0.29) is 5.41 Å². The van der Waals surface area contributed by atoms with E-state index in [4.69, 9.17) is 4.98 Å². The van der Waals surface area contributed by atoms with Gasteiger partial charge in [-0.25, -0.2) is 4.98 Å². The van der Waals surface area contributed by atoms with E-state index in [0.29, 0.717) is 0 Å². The number of fused-ring (bicyclic) bond motifs is 10. The summed E-state index contributed by atoms with van der Waals surface area (Å²) >= 11 is 3.83. The van der Waals surface area contributed by atoms with Gasteiger partial charge >= 0.3 is 0 Å². The van der Waals surface area contributed by atoms with Crippen molar-refractivity contribution in [2.45, 2.75) is 38.8 Å². The van der Waals surface area contributed by atoms with Crippen LogP contribution in [0.1, 0.15) is 25.0 Å². The van der Waals surface area contributed by atoms with Crippen molar-refractivity contribution in [3.8, 4) is 39.3 Å². The third-order valence-electron chi connectivity index (χ3n) is 10.00. The predicted octanol–water partition coefficient (Wildman–Crippen LogP) is 12.4. The second kappa shape index (κ2) is 10.5. The number of benzene rings is 6. The Bertz CT molecular complexity index is 2520. The van der Waals surface area contributed by atoms with Gasteiger partial charge in [0, 0.05) is 41.3 Å². The summed E-state index contributed by atoms with van der Waals surface area (Å²) in [6, 6.07) is 52.8. The standard InChI is InChI=1S/C44H30N2S2/c1-44(2)40-31(32-23-24-38-43(41(32)44)48-37-20-12-11-19-36(37)47-38)21-22-33-30-17-9-10-18-35(30)46(42(33)40)39-26-29(27-13-5-3-6-14-27)25-34(45-39)28-15-7-4-8-16-28/h3-26H,1-2H3. The highest BCUT2D eigenvalue weighted by molar-refractivity contribution is 8.05. The lowest BCUT2D eigenvalue weighted by Crippen LogP contribution is -2.18. The number of hydrogen-bond acceptors (Lipinski definition) is 3. The topological polar surface area (TPSA) is 17.8 Å². The van der Waals surface area contributed by atoms with Crippen LogP contribution in [0.3, 0.4) is 0 Å². The van der Waals surface area contributed by atoms with Crippen LogP contribution in [-0.4, -0.2) is 9.55 Å². The van der Waals surface area contributed by atoms with Gasteiger partial charge in [-0.2, -0.15) is 0 Å². The first kappa shape index (κ1) is 28.0. The van der Waals surface area contributed by atoms with E-state index in [1.54, 1.807) is 0 Å². The monoisotopic (exact) mass is 650 g/mol. The molecule has 10 rings (SSSR count). The van der Waals surface area contributed by atoms with Crippen LogP contribution >= 0.6 is 23.5 Å². The SMILES string of the molecule is CC1(C)c2c(ccc3c2Sc2ccccc2S3)-c2ccc3c4ccccc4n(-c4cc(-c5ccccc5)cc(-c5ccccc5)n4)c3c21. The summed E-state index contributed by atoms with van der Waals surface area (Å²) in [5.74, 6) is 0.933. The Morgan fingerprint density at radius 1 is 0.521 bits per heavy atom. The quantitative estimate of drug-likeness (QED) is 0.189. The summed E-state index contributed by atoms with van der Waals surface area (Å²) in [5.41, 5.74) is 12.1. The number of aromatic nitrogens is 2. The van der Waals surface area contributed by atoms with Gasteiger partial charge in [0.1, 0.15) is 5.82 Å². The van der Waals surface area contributed by atoms with Gasteiger partial charge in [0.25, 0.3) is 0 Å². The molecule has 0 N–H and O–H groups in total. The molecule has 0 bridgehead atoms. The lowest BCUT2D eigenvalue weighted by atomic mass is 9.81. The summed E-state index contributed by atoms with van der Waals surface area (Å²) in [6.07, 6.45) is 0. The zero-order valence-corrected chi connectivity index (χ0v) is 28.2. The number of nitrogens with zero attached hydrogens (tertiary/aromatic N) is 2. The van der Waals surface area contributed by atoms with Gasteiger partial charge in [0.2, 0.25) is 0 Å². The fraction of sp³-hybridized carbons (Fsp3) is 0.0682. The zero-order chi connectivity index (χ0) is 32.0. The number of hydrogen-bond donors (Lipinski definition) is 0. The van der Waals surface area contributed by atoms with Crippen LogP contribution in [-0.2, 0) is 5.41 Å². The van der Waals surface area contributed by atoms with E-state index in [9.17, 15) is 0 Å². The molecule has 2 aliphatic rings. The van der Waals surface area contributed by atoms with E-state index >= 15 is 0 Å². The van der Waals surface area contributed by atoms with Crippen molar-refractivity contribution in [1.29, 1.82) is 0 Å². The molecular weight excluding hydrogens is 621 g/mol. The third-order valence-corrected chi connectivity index (χ3v) is 12.6. The first-order valence-corrected chi connectivity index (χ1v) is 18.0. The van der Waals surface area contributed by atoms with E-state index in [1.165, 1.54) is 69.2 Å². The average molecular weight is 651 g/mol. The highest BCUT2D eigenvalue weighted by Gasteiger charge is 2.42. The van der Waals surface area contributed by atoms with Gasteiger partial charge in [0.15, 0.2) is 0 Å². The fourth-order valence-electron chi connectivity index (χ4n) is 7.90. The minimum Gasteiger partial charge on any atom is -0.293 e. The van der Waals surface area contributed by atoms with Gasteiger partial charge in [0.05, 0.1) is 16.7 Å². The fourth-order valence-corrected chi connectivity index (χ4v) is 10.5. The molecule has 1 aliphatic carbocycles. The highest BCUT2D eigenvalue weighted by Crippen LogP contribution is 2.60. The smallest absolute Gasteiger partial charge is 0.138 e. The first-order chi connectivity index (χ1) is 23.6. The molecule has 2 nitrogen and oxygen atoms in total. The van der Waals surface area contributed by atoms with Gasteiger partial charge in [-0.1, -0.05) is 147 Å². The molecule has 1 aliphatic heterocycles. The van der Waals surface area contributed by atoms with Gasteiger partial charge in [-0.3, -0.25) is 4.57 Å². The minimum atomic E-state index is -0.235. The van der Waals surface area contributed by atoms with Crippen LogP contribution in [0.2, 0.25) is 0 Å². The summed E-state index contributed by atoms with van der Waals surface area (Å²) in [7, 11) is 0. The van der Waals surface area contributed by atoms with Crippen molar-refractivity contribution >= 4 is 45.3 Å². The van der Waals surface area contributed by atoms with Crippen LogP contribution in [0, 0.1) is 0 Å². The second-order valence-corrected chi connectivity index (χ2v) is 15.3. The zero-order valence-electron chi connectivity index (χ0n) is 26.6. The van der Waals surface area contributed by atoms with Crippen LogP contribution in [0.15, 0.2) is 165 Å². The van der Waals surface area contributed by atoms with E-state index in [1.807, 2.05) is 23.5 Å². The molecule has 3 heterocycles. The molecule has 0 saturated carbocycles. The molecule has 0 fully saturated rings. The first-order valence-electron chi connectivity index (χ1n) is 16.4. The molecule has 2 aromatic heterocycles. The second-order valence-electron chi connectivity index (χ2n) is 13.2. The average Bonchev–Trinajstić information content (AvgIpc) is 3.60. The maximum absolute atomic E-state index is 5.45. The van der Waals surface area contributed by atoms with Crippen molar-refractivity contribution in [3.05, 3.63) is 157 Å². The number of para-hydroxylation sites is 1. The molecule has 0 spiro atoms. The summed E-state index contributed by atoms with van der Waals surface area (Å²) in [4.78, 5) is 10.9. The lowest BCUT2D eigenvalue weighted by molar-refractivity contribution is 0.645. The molecule has 0 unspecified atom stereocenters. The Morgan fingerprint density at radius 3 is 1.96 bits per heavy atom. The molecule has 48 heavy (non-hydrogen) atoms. The maximum atomic E-state index is 5.45. The molecule has 0 amide bonds. The Kier molecular flexibility index (Phi) is 6.12. The molecule has 0 atom stereocenters. The summed E-state index contributed by atoms with van der Waals surface area (Å²) in [5, 5.41) is 2.51. The van der Waals surface area contributed by atoms with Crippen molar-refractivity contribution in [2.75, 3.05) is 0 Å². The van der Waals surface area contributed by atoms with E-state index < -0.39 is 0 Å². The molecule has 0 saturated heterocycles. The Balaban J connectivity index is 1.27. The van der Waals surface area contributed by atoms with Crippen LogP contribution in [0.25, 0.3) is 61.1 Å². The van der Waals surface area contributed by atoms with E-state index in [0.717, 1.165) is 22.6 Å². The molecule has 6 aromatic carbocycles. The maximum Gasteiger partial charge on any atom is 0.138 e. The number of rotatable bonds is 3. The Labute approximate surface area is 288 Å². The normalized spacial score (nSPS) is 14.0. The molecule has 4 heteroatoms. The van der Waals surface area contributed by atoms with Crippen molar-refractivity contribution in [1.82, 2.24) is 9.55 Å². The third kappa shape index (κ3) is 4.06. The largest absolute Gasteiger partial charge is 0.293 e. The lowest BCUT2D eigenvalue weighted by Gasteiger charge is -2.28. The Hall–Kier alpha value is -5.03. The van der Waals surface area contributed by atoms with Crippen molar-refractivity contribution in [3.63, 3.8) is 0 Å². The Morgan fingerprint density at radius 2 is 1.17 bits per heavy atom.